The van der Waals surface area contributed by atoms with Crippen LogP contribution in [0.4, 0.5) is 0 Å². The second-order valence-corrected chi connectivity index (χ2v) is 7.99. The lowest BCUT2D eigenvalue weighted by Crippen LogP contribution is -2.41. The number of Topliss-reactive ketones (excluding diaryl/α,β-unsaturated/α-hetero) is 1. The van der Waals surface area contributed by atoms with Crippen molar-refractivity contribution >= 4 is 27.4 Å². The van der Waals surface area contributed by atoms with Crippen molar-refractivity contribution in [2.45, 2.75) is 43.0 Å². The van der Waals surface area contributed by atoms with Gasteiger partial charge >= 0.3 is 0 Å². The number of hydrogen-bond acceptors (Lipinski definition) is 3. The predicted molar refractivity (Wildman–Crippen MR) is 80.7 cm³/mol. The number of hydrogen-bond donors (Lipinski definition) is 0. The van der Waals surface area contributed by atoms with Gasteiger partial charge in [0.1, 0.15) is 10.7 Å². The molecule has 2 atom stereocenters. The average Bonchev–Trinajstić information content (AvgIpc) is 3.07. The third-order valence-corrected chi connectivity index (χ3v) is 6.91. The molecular weight excluding hydrogens is 310 g/mol. The topological polar surface area (TPSA) is 54.5 Å². The van der Waals surface area contributed by atoms with Crippen LogP contribution in [0.3, 0.4) is 0 Å². The van der Waals surface area contributed by atoms with Crippen molar-refractivity contribution in [3.8, 4) is 0 Å². The molecule has 0 amide bonds. The molecule has 114 valence electrons. The Balaban J connectivity index is 1.95. The molecule has 0 N–H and O–H groups in total. The van der Waals surface area contributed by atoms with Gasteiger partial charge in [0.25, 0.3) is 0 Å². The highest BCUT2D eigenvalue weighted by Crippen LogP contribution is 2.37. The zero-order valence-electron chi connectivity index (χ0n) is 11.7. The molecule has 21 heavy (non-hydrogen) atoms. The van der Waals surface area contributed by atoms with Crippen LogP contribution in [0.5, 0.6) is 0 Å². The van der Waals surface area contributed by atoms with Gasteiger partial charge in [-0.2, -0.15) is 4.31 Å². The first-order valence-electron chi connectivity index (χ1n) is 7.31. The lowest BCUT2D eigenvalue weighted by molar-refractivity contribution is -0.121. The molecule has 2 fully saturated rings. The maximum absolute atomic E-state index is 12.9. The molecule has 2 unspecified atom stereocenters. The Morgan fingerprint density at radius 3 is 2.57 bits per heavy atom. The van der Waals surface area contributed by atoms with E-state index in [2.05, 4.69) is 0 Å². The SMILES string of the molecule is O=C1CCCC1C1CCCN1S(=O)(=O)c1ccccc1Cl. The third-order valence-electron chi connectivity index (χ3n) is 4.49. The molecule has 0 radical (unpaired) electrons. The normalized spacial score (nSPS) is 27.4. The Morgan fingerprint density at radius 2 is 1.90 bits per heavy atom. The van der Waals surface area contributed by atoms with Crippen LogP contribution in [0.25, 0.3) is 0 Å². The van der Waals surface area contributed by atoms with Crippen LogP contribution >= 0.6 is 11.6 Å². The number of halogens is 1. The third kappa shape index (κ3) is 2.62. The molecule has 1 aliphatic heterocycles. The number of sulfonamides is 1. The lowest BCUT2D eigenvalue weighted by atomic mass is 9.96. The number of rotatable bonds is 3. The summed E-state index contributed by atoms with van der Waals surface area (Å²) in [5, 5.41) is 0.237. The summed E-state index contributed by atoms with van der Waals surface area (Å²) in [6.45, 7) is 0.474. The van der Waals surface area contributed by atoms with Crippen molar-refractivity contribution in [1.82, 2.24) is 4.31 Å². The number of benzene rings is 1. The van der Waals surface area contributed by atoms with Crippen LogP contribution in [0.15, 0.2) is 29.2 Å². The molecule has 2 aliphatic rings. The molecule has 0 aromatic heterocycles. The van der Waals surface area contributed by atoms with Gasteiger partial charge in [-0.05, 0) is 37.8 Å². The van der Waals surface area contributed by atoms with Gasteiger partial charge in [-0.15, -0.1) is 0 Å². The molecule has 1 aromatic carbocycles. The highest BCUT2D eigenvalue weighted by atomic mass is 35.5. The van der Waals surface area contributed by atoms with Crippen LogP contribution in [-0.4, -0.2) is 31.1 Å². The number of carbonyl (C=O) groups excluding carboxylic acids is 1. The first-order chi connectivity index (χ1) is 10.0. The largest absolute Gasteiger partial charge is 0.299 e. The molecule has 1 aliphatic carbocycles. The van der Waals surface area contributed by atoms with E-state index in [1.54, 1.807) is 18.2 Å². The Bertz CT molecular complexity index is 659. The molecular formula is C15H18ClNO3S. The summed E-state index contributed by atoms with van der Waals surface area (Å²) in [7, 11) is -3.63. The summed E-state index contributed by atoms with van der Waals surface area (Å²) >= 11 is 6.05. The molecule has 1 heterocycles. The minimum atomic E-state index is -3.63. The van der Waals surface area contributed by atoms with Crippen molar-refractivity contribution in [2.24, 2.45) is 5.92 Å². The van der Waals surface area contributed by atoms with E-state index in [-0.39, 0.29) is 27.7 Å². The van der Waals surface area contributed by atoms with Gasteiger partial charge in [0.15, 0.2) is 0 Å². The summed E-state index contributed by atoms with van der Waals surface area (Å²) in [6, 6.07) is 6.30. The van der Waals surface area contributed by atoms with Gasteiger partial charge in [-0.1, -0.05) is 23.7 Å². The van der Waals surface area contributed by atoms with Crippen molar-refractivity contribution in [3.63, 3.8) is 0 Å². The van der Waals surface area contributed by atoms with Gasteiger partial charge in [0.05, 0.1) is 5.02 Å². The fraction of sp³-hybridized carbons (Fsp3) is 0.533. The highest BCUT2D eigenvalue weighted by molar-refractivity contribution is 7.89. The Labute approximate surface area is 130 Å². The fourth-order valence-electron chi connectivity index (χ4n) is 3.50. The fourth-order valence-corrected chi connectivity index (χ4v) is 5.72. The van der Waals surface area contributed by atoms with Gasteiger partial charge in [0, 0.05) is 24.9 Å². The van der Waals surface area contributed by atoms with Crippen molar-refractivity contribution in [1.29, 1.82) is 0 Å². The van der Waals surface area contributed by atoms with Gasteiger partial charge in [-0.25, -0.2) is 8.42 Å². The van der Waals surface area contributed by atoms with Crippen molar-refractivity contribution in [3.05, 3.63) is 29.3 Å². The van der Waals surface area contributed by atoms with Crippen molar-refractivity contribution < 1.29 is 13.2 Å². The zero-order chi connectivity index (χ0) is 15.0. The smallest absolute Gasteiger partial charge is 0.244 e. The molecule has 6 heteroatoms. The van der Waals surface area contributed by atoms with E-state index in [1.807, 2.05) is 0 Å². The van der Waals surface area contributed by atoms with Crippen LogP contribution in [0.2, 0.25) is 5.02 Å². The standard InChI is InChI=1S/C15H18ClNO3S/c16-12-6-1-2-9-15(12)21(19,20)17-10-4-7-13(17)11-5-3-8-14(11)18/h1-2,6,9,11,13H,3-5,7-8,10H2. The molecule has 4 nitrogen and oxygen atoms in total. The van der Waals surface area contributed by atoms with Crippen molar-refractivity contribution in [2.75, 3.05) is 6.54 Å². The van der Waals surface area contributed by atoms with E-state index in [0.29, 0.717) is 13.0 Å². The first kappa shape index (κ1) is 15.0. The molecule has 1 saturated heterocycles. The predicted octanol–water partition coefficient (Wildman–Crippen LogP) is 2.86. The molecule has 0 spiro atoms. The minimum Gasteiger partial charge on any atom is -0.299 e. The lowest BCUT2D eigenvalue weighted by Gasteiger charge is -2.28. The van der Waals surface area contributed by atoms with Gasteiger partial charge in [-0.3, -0.25) is 4.79 Å². The molecule has 3 rings (SSSR count). The van der Waals surface area contributed by atoms with E-state index in [4.69, 9.17) is 11.6 Å². The van der Waals surface area contributed by atoms with Gasteiger partial charge in [0.2, 0.25) is 10.0 Å². The second kappa shape index (κ2) is 5.71. The summed E-state index contributed by atoms with van der Waals surface area (Å²) in [6.07, 6.45) is 3.83. The number of nitrogens with zero attached hydrogens (tertiary/aromatic N) is 1. The second-order valence-electron chi connectivity index (χ2n) is 5.72. The monoisotopic (exact) mass is 327 g/mol. The Morgan fingerprint density at radius 1 is 1.14 bits per heavy atom. The summed E-state index contributed by atoms with van der Waals surface area (Å²) in [5.74, 6) is 0.0750. The maximum atomic E-state index is 12.9. The van der Waals surface area contributed by atoms with E-state index in [0.717, 1.165) is 25.7 Å². The average molecular weight is 328 g/mol. The van der Waals surface area contributed by atoms with E-state index >= 15 is 0 Å². The molecule has 1 saturated carbocycles. The number of ketones is 1. The Hall–Kier alpha value is -0.910. The molecule has 0 bridgehead atoms. The summed E-state index contributed by atoms with van der Waals surface area (Å²) < 4.78 is 27.2. The maximum Gasteiger partial charge on any atom is 0.244 e. The summed E-state index contributed by atoms with van der Waals surface area (Å²) in [5.41, 5.74) is 0. The van der Waals surface area contributed by atoms with E-state index < -0.39 is 10.0 Å². The van der Waals surface area contributed by atoms with Crippen LogP contribution in [0.1, 0.15) is 32.1 Å². The first-order valence-corrected chi connectivity index (χ1v) is 9.13. The zero-order valence-corrected chi connectivity index (χ0v) is 13.2. The van der Waals surface area contributed by atoms with E-state index in [9.17, 15) is 13.2 Å². The van der Waals surface area contributed by atoms with Crippen LogP contribution in [-0.2, 0) is 14.8 Å². The number of carbonyl (C=O) groups is 1. The highest BCUT2D eigenvalue weighted by Gasteiger charge is 2.43. The minimum absolute atomic E-state index is 0.134. The van der Waals surface area contributed by atoms with Crippen LogP contribution < -0.4 is 0 Å². The van der Waals surface area contributed by atoms with E-state index in [1.165, 1.54) is 10.4 Å². The Kier molecular flexibility index (Phi) is 4.08. The molecule has 1 aromatic rings. The van der Waals surface area contributed by atoms with Gasteiger partial charge < -0.3 is 0 Å². The summed E-state index contributed by atoms with van der Waals surface area (Å²) in [4.78, 5) is 12.1. The van der Waals surface area contributed by atoms with Crippen LogP contribution in [0, 0.1) is 5.92 Å². The quantitative estimate of drug-likeness (QED) is 0.857.